The summed E-state index contributed by atoms with van der Waals surface area (Å²) in [5, 5.41) is 38.2. The zero-order valence-electron chi connectivity index (χ0n) is 9.33. The van der Waals surface area contributed by atoms with Gasteiger partial charge in [0.05, 0.1) is 5.56 Å². The number of aromatic hydroxyl groups is 2. The molecule has 1 amide bonds. The number of aliphatic carboxylic acids is 1. The van der Waals surface area contributed by atoms with Crippen LogP contribution in [0.4, 0.5) is 0 Å². The van der Waals surface area contributed by atoms with E-state index in [9.17, 15) is 14.7 Å². The summed E-state index contributed by atoms with van der Waals surface area (Å²) >= 11 is 0. The molecule has 0 aliphatic heterocycles. The number of carbonyl (C=O) groups is 2. The van der Waals surface area contributed by atoms with E-state index in [1.165, 1.54) is 6.07 Å². The molecule has 0 fully saturated rings. The molecular formula is C11H13NO6. The molecule has 98 valence electrons. The lowest BCUT2D eigenvalue weighted by atomic mass is 10.1. The minimum absolute atomic E-state index is 0.0681. The van der Waals surface area contributed by atoms with E-state index in [4.69, 9.17) is 15.3 Å². The van der Waals surface area contributed by atoms with Gasteiger partial charge in [0.15, 0.2) is 6.10 Å². The third-order valence-electron chi connectivity index (χ3n) is 2.21. The van der Waals surface area contributed by atoms with Crippen LogP contribution >= 0.6 is 0 Å². The van der Waals surface area contributed by atoms with Gasteiger partial charge in [-0.3, -0.25) is 4.79 Å². The molecule has 0 saturated carbocycles. The fraction of sp³-hybridized carbons (Fsp3) is 0.273. The number of hydrogen-bond acceptors (Lipinski definition) is 5. The molecule has 5 N–H and O–H groups in total. The summed E-state index contributed by atoms with van der Waals surface area (Å²) in [7, 11) is 0. The molecule has 0 saturated heterocycles. The van der Waals surface area contributed by atoms with Crippen molar-refractivity contribution in [3.05, 3.63) is 23.8 Å². The second-order valence-electron chi connectivity index (χ2n) is 3.60. The van der Waals surface area contributed by atoms with E-state index in [1.54, 1.807) is 0 Å². The van der Waals surface area contributed by atoms with Crippen LogP contribution in [0.2, 0.25) is 0 Å². The minimum atomic E-state index is -1.55. The van der Waals surface area contributed by atoms with Gasteiger partial charge in [-0.2, -0.15) is 0 Å². The zero-order chi connectivity index (χ0) is 13.7. The highest BCUT2D eigenvalue weighted by atomic mass is 16.4. The lowest BCUT2D eigenvalue weighted by Crippen LogP contribution is -2.30. The van der Waals surface area contributed by atoms with E-state index in [-0.39, 0.29) is 30.0 Å². The van der Waals surface area contributed by atoms with Crippen LogP contribution in [0.3, 0.4) is 0 Å². The molecule has 1 rings (SSSR count). The largest absolute Gasteiger partial charge is 0.508 e. The number of nitrogens with one attached hydrogen (secondary N) is 1. The Hall–Kier alpha value is -2.28. The standard InChI is InChI=1S/C11H13NO6/c13-6-1-2-8(14)7(5-6)10(16)12-4-3-9(15)11(17)18/h1-2,5,9,13-15H,3-4H2,(H,12,16)(H,17,18). The fourth-order valence-electron chi connectivity index (χ4n) is 1.25. The van der Waals surface area contributed by atoms with Crippen LogP contribution in [0, 0.1) is 0 Å². The van der Waals surface area contributed by atoms with Crippen LogP contribution in [0.1, 0.15) is 16.8 Å². The molecule has 1 aromatic rings. The summed E-state index contributed by atoms with van der Waals surface area (Å²) in [6.45, 7) is -0.0681. The molecule has 0 radical (unpaired) electrons. The summed E-state index contributed by atoms with van der Waals surface area (Å²) in [6, 6.07) is 3.47. The van der Waals surface area contributed by atoms with Crippen LogP contribution in [0.15, 0.2) is 18.2 Å². The molecule has 0 spiro atoms. The normalized spacial score (nSPS) is 11.8. The molecule has 1 atom stereocenters. The third kappa shape index (κ3) is 3.63. The predicted molar refractivity (Wildman–Crippen MR) is 60.4 cm³/mol. The molecule has 18 heavy (non-hydrogen) atoms. The van der Waals surface area contributed by atoms with Crippen LogP contribution in [-0.2, 0) is 4.79 Å². The van der Waals surface area contributed by atoms with Gasteiger partial charge in [0.2, 0.25) is 0 Å². The molecule has 1 aromatic carbocycles. The quantitative estimate of drug-likeness (QED) is 0.458. The lowest BCUT2D eigenvalue weighted by Gasteiger charge is -2.08. The van der Waals surface area contributed by atoms with Crippen molar-refractivity contribution in [2.75, 3.05) is 6.54 Å². The first-order valence-electron chi connectivity index (χ1n) is 5.13. The van der Waals surface area contributed by atoms with Gasteiger partial charge in [0, 0.05) is 13.0 Å². The van der Waals surface area contributed by atoms with Crippen LogP contribution in [0.5, 0.6) is 11.5 Å². The number of aliphatic hydroxyl groups is 1. The summed E-state index contributed by atoms with van der Waals surface area (Å²) in [4.78, 5) is 21.9. The van der Waals surface area contributed by atoms with Crippen molar-refractivity contribution in [2.24, 2.45) is 0 Å². The molecule has 7 heteroatoms. The molecule has 0 bridgehead atoms. The molecule has 7 nitrogen and oxygen atoms in total. The maximum Gasteiger partial charge on any atom is 0.332 e. The van der Waals surface area contributed by atoms with E-state index < -0.39 is 18.0 Å². The number of hydrogen-bond donors (Lipinski definition) is 5. The number of aliphatic hydroxyl groups excluding tert-OH is 1. The Morgan fingerprint density at radius 3 is 2.56 bits per heavy atom. The monoisotopic (exact) mass is 255 g/mol. The number of carboxylic acid groups (broad SMARTS) is 1. The first kappa shape index (κ1) is 13.8. The smallest absolute Gasteiger partial charge is 0.332 e. The molecule has 1 unspecified atom stereocenters. The van der Waals surface area contributed by atoms with Crippen molar-refractivity contribution < 1.29 is 30.0 Å². The summed E-state index contributed by atoms with van der Waals surface area (Å²) in [5.74, 6) is -2.52. The SMILES string of the molecule is O=C(NCCC(O)C(=O)O)c1cc(O)ccc1O. The van der Waals surface area contributed by atoms with E-state index >= 15 is 0 Å². The highest BCUT2D eigenvalue weighted by Gasteiger charge is 2.15. The second kappa shape index (κ2) is 5.87. The Morgan fingerprint density at radius 1 is 1.28 bits per heavy atom. The van der Waals surface area contributed by atoms with Crippen LogP contribution in [0.25, 0.3) is 0 Å². The van der Waals surface area contributed by atoms with Gasteiger partial charge in [0.1, 0.15) is 11.5 Å². The number of carbonyl (C=O) groups excluding carboxylic acids is 1. The summed E-state index contributed by atoms with van der Waals surface area (Å²) < 4.78 is 0. The van der Waals surface area contributed by atoms with Gasteiger partial charge in [-0.15, -0.1) is 0 Å². The Labute approximate surface area is 102 Å². The third-order valence-corrected chi connectivity index (χ3v) is 2.21. The van der Waals surface area contributed by atoms with E-state index in [0.717, 1.165) is 12.1 Å². The second-order valence-corrected chi connectivity index (χ2v) is 3.60. The van der Waals surface area contributed by atoms with E-state index in [0.29, 0.717) is 0 Å². The topological polar surface area (TPSA) is 127 Å². The molecule has 0 aliphatic carbocycles. The average Bonchev–Trinajstić information content (AvgIpc) is 2.31. The van der Waals surface area contributed by atoms with Crippen molar-refractivity contribution in [2.45, 2.75) is 12.5 Å². The van der Waals surface area contributed by atoms with Gasteiger partial charge < -0.3 is 25.7 Å². The van der Waals surface area contributed by atoms with Crippen LogP contribution in [-0.4, -0.2) is 45.0 Å². The number of phenols is 2. The van der Waals surface area contributed by atoms with Gasteiger partial charge in [-0.25, -0.2) is 4.79 Å². The maximum atomic E-state index is 11.6. The van der Waals surface area contributed by atoms with Gasteiger partial charge in [-0.05, 0) is 18.2 Å². The highest BCUT2D eigenvalue weighted by Crippen LogP contribution is 2.21. The van der Waals surface area contributed by atoms with E-state index in [2.05, 4.69) is 5.32 Å². The molecule has 0 aromatic heterocycles. The van der Waals surface area contributed by atoms with Crippen molar-refractivity contribution >= 4 is 11.9 Å². The Morgan fingerprint density at radius 2 is 1.94 bits per heavy atom. The van der Waals surface area contributed by atoms with Gasteiger partial charge in [0.25, 0.3) is 5.91 Å². The Balaban J connectivity index is 2.55. The Kier molecular flexibility index (Phi) is 4.50. The predicted octanol–water partition coefficient (Wildman–Crippen LogP) is -0.337. The number of rotatable bonds is 5. The number of amides is 1. The molecule has 0 heterocycles. The number of carboxylic acids is 1. The van der Waals surface area contributed by atoms with Crippen LogP contribution < -0.4 is 5.32 Å². The van der Waals surface area contributed by atoms with Crippen molar-refractivity contribution in [3.8, 4) is 11.5 Å². The van der Waals surface area contributed by atoms with Gasteiger partial charge in [-0.1, -0.05) is 0 Å². The molecular weight excluding hydrogens is 242 g/mol. The number of benzene rings is 1. The fourth-order valence-corrected chi connectivity index (χ4v) is 1.25. The summed E-state index contributed by atoms with van der Waals surface area (Å²) in [6.07, 6.45) is -1.70. The lowest BCUT2D eigenvalue weighted by molar-refractivity contribution is -0.146. The van der Waals surface area contributed by atoms with Crippen molar-refractivity contribution in [1.29, 1.82) is 0 Å². The Bertz CT molecular complexity index is 459. The highest BCUT2D eigenvalue weighted by molar-refractivity contribution is 5.97. The van der Waals surface area contributed by atoms with E-state index in [1.807, 2.05) is 0 Å². The average molecular weight is 255 g/mol. The van der Waals surface area contributed by atoms with Gasteiger partial charge >= 0.3 is 5.97 Å². The van der Waals surface area contributed by atoms with Crippen molar-refractivity contribution in [3.63, 3.8) is 0 Å². The number of phenolic OH excluding ortho intramolecular Hbond substituents is 2. The van der Waals surface area contributed by atoms with Crippen molar-refractivity contribution in [1.82, 2.24) is 5.32 Å². The minimum Gasteiger partial charge on any atom is -0.508 e. The molecule has 0 aliphatic rings. The maximum absolute atomic E-state index is 11.6. The zero-order valence-corrected chi connectivity index (χ0v) is 9.33. The first-order valence-corrected chi connectivity index (χ1v) is 5.13. The first-order chi connectivity index (χ1) is 8.41. The summed E-state index contributed by atoms with van der Waals surface area (Å²) in [5.41, 5.74) is -0.125.